The number of hydrogen-bond donors (Lipinski definition) is 0. The number of carbonyl (C=O) groups is 2. The minimum Gasteiger partial charge on any atom is -0.545 e. The minimum absolute atomic E-state index is 0. The second kappa shape index (κ2) is 11.0. The molecule has 0 bridgehead atoms. The normalized spacial score (nSPS) is 9.84. The van der Waals surface area contributed by atoms with E-state index >= 15 is 0 Å². The first-order chi connectivity index (χ1) is 11.3. The summed E-state index contributed by atoms with van der Waals surface area (Å²) < 4.78 is 0. The molecule has 0 spiro atoms. The molecule has 0 aromatic heterocycles. The summed E-state index contributed by atoms with van der Waals surface area (Å²) in [4.78, 5) is 21.2. The van der Waals surface area contributed by atoms with E-state index in [1.807, 2.05) is 52.0 Å². The van der Waals surface area contributed by atoms with Gasteiger partial charge in [0.25, 0.3) is 0 Å². The van der Waals surface area contributed by atoms with Crippen LogP contribution >= 0.6 is 0 Å². The van der Waals surface area contributed by atoms with Crippen LogP contribution in [0.25, 0.3) is 0 Å². The summed E-state index contributed by atoms with van der Waals surface area (Å²) in [6.45, 7) is 7.84. The van der Waals surface area contributed by atoms with Crippen LogP contribution < -0.4 is 10.2 Å². The Hall–Kier alpha value is -1.70. The molecule has 0 heterocycles. The van der Waals surface area contributed by atoms with Gasteiger partial charge in [0.15, 0.2) is 0 Å². The van der Waals surface area contributed by atoms with Gasteiger partial charge in [-0.05, 0) is 23.0 Å². The number of carboxylic acid groups (broad SMARTS) is 2. The van der Waals surface area contributed by atoms with Gasteiger partial charge in [0, 0.05) is 11.1 Å². The molecule has 0 atom stereocenters. The molecule has 0 aliphatic rings. The molecule has 5 heteroatoms. The van der Waals surface area contributed by atoms with E-state index in [4.69, 9.17) is 0 Å². The van der Waals surface area contributed by atoms with E-state index in [-0.39, 0.29) is 39.1 Å². The number of rotatable bonds is 4. The fraction of sp³-hybridized carbons (Fsp3) is 0.300. The zero-order valence-corrected chi connectivity index (χ0v) is 19.1. The Balaban J connectivity index is 0.000000443. The number of carbonyl (C=O) groups excluding carboxylic acids is 2. The van der Waals surface area contributed by atoms with Gasteiger partial charge in [-0.25, -0.2) is 0 Å². The maximum Gasteiger partial charge on any atom is 2.00 e. The van der Waals surface area contributed by atoms with E-state index in [9.17, 15) is 19.8 Å². The van der Waals surface area contributed by atoms with Crippen LogP contribution in [0.2, 0.25) is 0 Å². The average molecular weight is 439 g/mol. The topological polar surface area (TPSA) is 80.3 Å². The summed E-state index contributed by atoms with van der Waals surface area (Å²) in [6, 6.07) is 13.9. The number of aromatic carboxylic acids is 2. The Morgan fingerprint density at radius 1 is 0.680 bits per heavy atom. The molecule has 0 unspecified atom stereocenters. The molecule has 2 rings (SSSR count). The molecule has 25 heavy (non-hydrogen) atoms. The first-order valence-corrected chi connectivity index (χ1v) is 7.86. The first-order valence-electron chi connectivity index (χ1n) is 7.86. The standard InChI is InChI=1S/2C10H12O2.Cd/c2*1-7(2)8-5-3-4-6-9(8)10(11)12;/h2*3-7H,1-2H3,(H,11,12);/q;;+2/p-2. The summed E-state index contributed by atoms with van der Waals surface area (Å²) in [7, 11) is 0. The van der Waals surface area contributed by atoms with E-state index in [0.29, 0.717) is 11.1 Å². The zero-order valence-electron chi connectivity index (χ0n) is 15.1. The first kappa shape index (κ1) is 23.3. The number of carboxylic acids is 2. The molecule has 4 nitrogen and oxygen atoms in total. The molecule has 0 radical (unpaired) electrons. The maximum absolute atomic E-state index is 10.6. The molecule has 0 aliphatic carbocycles. The Bertz CT molecular complexity index is 647. The molecule has 2 aromatic carbocycles. The van der Waals surface area contributed by atoms with Crippen molar-refractivity contribution in [2.75, 3.05) is 0 Å². The zero-order chi connectivity index (χ0) is 18.3. The van der Waals surface area contributed by atoms with Gasteiger partial charge in [0.05, 0.1) is 11.9 Å². The van der Waals surface area contributed by atoms with Crippen LogP contribution in [0.5, 0.6) is 0 Å². The molecule has 0 amide bonds. The predicted octanol–water partition coefficient (Wildman–Crippen LogP) is 2.34. The molecule has 0 aliphatic heterocycles. The summed E-state index contributed by atoms with van der Waals surface area (Å²) in [6.07, 6.45) is 0. The van der Waals surface area contributed by atoms with E-state index in [2.05, 4.69) is 0 Å². The third kappa shape index (κ3) is 6.98. The largest absolute Gasteiger partial charge is 2.00 e. The van der Waals surface area contributed by atoms with Crippen molar-refractivity contribution in [3.05, 3.63) is 70.8 Å². The second-order valence-electron chi connectivity index (χ2n) is 6.06. The van der Waals surface area contributed by atoms with Crippen molar-refractivity contribution in [2.24, 2.45) is 0 Å². The SMILES string of the molecule is CC(C)c1ccccc1C(=O)[O-].CC(C)c1ccccc1C(=O)[O-].[Cd+2]. The van der Waals surface area contributed by atoms with E-state index < -0.39 is 11.9 Å². The monoisotopic (exact) mass is 440 g/mol. The van der Waals surface area contributed by atoms with Gasteiger partial charge < -0.3 is 19.8 Å². The fourth-order valence-corrected chi connectivity index (χ4v) is 2.37. The predicted molar refractivity (Wildman–Crippen MR) is 89.7 cm³/mol. The van der Waals surface area contributed by atoms with Crippen molar-refractivity contribution in [3.63, 3.8) is 0 Å². The van der Waals surface area contributed by atoms with Gasteiger partial charge in [0.2, 0.25) is 0 Å². The fourth-order valence-electron chi connectivity index (χ4n) is 2.37. The number of hydrogen-bond acceptors (Lipinski definition) is 4. The van der Waals surface area contributed by atoms with Gasteiger partial charge in [-0.15, -0.1) is 0 Å². The summed E-state index contributed by atoms with van der Waals surface area (Å²) in [5.74, 6) is -1.75. The summed E-state index contributed by atoms with van der Waals surface area (Å²) in [5.41, 5.74) is 2.26. The van der Waals surface area contributed by atoms with Gasteiger partial charge >= 0.3 is 27.3 Å². The van der Waals surface area contributed by atoms with Crippen LogP contribution in [0.15, 0.2) is 48.5 Å². The molecule has 128 valence electrons. The molecule has 0 saturated carbocycles. The molecule has 0 fully saturated rings. The Labute approximate surface area is 169 Å². The van der Waals surface area contributed by atoms with Gasteiger partial charge in [-0.3, -0.25) is 0 Å². The summed E-state index contributed by atoms with van der Waals surface area (Å²) >= 11 is 0. The Morgan fingerprint density at radius 2 is 0.960 bits per heavy atom. The minimum atomic E-state index is -1.10. The molecule has 2 aromatic rings. The van der Waals surface area contributed by atoms with Crippen LogP contribution in [0.3, 0.4) is 0 Å². The van der Waals surface area contributed by atoms with Crippen LogP contribution in [0.1, 0.15) is 71.4 Å². The van der Waals surface area contributed by atoms with Crippen LogP contribution in [-0.2, 0) is 27.3 Å². The third-order valence-corrected chi connectivity index (χ3v) is 3.61. The van der Waals surface area contributed by atoms with Crippen molar-refractivity contribution in [3.8, 4) is 0 Å². The van der Waals surface area contributed by atoms with Crippen LogP contribution in [0, 0.1) is 0 Å². The maximum atomic E-state index is 10.6. The van der Waals surface area contributed by atoms with Gasteiger partial charge in [0.1, 0.15) is 0 Å². The Kier molecular flexibility index (Phi) is 10.3. The van der Waals surface area contributed by atoms with E-state index in [0.717, 1.165) is 11.1 Å². The summed E-state index contributed by atoms with van der Waals surface area (Å²) in [5, 5.41) is 21.2. The van der Waals surface area contributed by atoms with E-state index in [1.165, 1.54) is 0 Å². The van der Waals surface area contributed by atoms with Crippen molar-refractivity contribution < 1.29 is 47.1 Å². The average Bonchev–Trinajstić information content (AvgIpc) is 2.55. The van der Waals surface area contributed by atoms with Crippen molar-refractivity contribution in [2.45, 2.75) is 39.5 Å². The van der Waals surface area contributed by atoms with Crippen molar-refractivity contribution >= 4 is 11.9 Å². The molecule has 0 N–H and O–H groups in total. The number of benzene rings is 2. The molecular formula is C20H22CdO4. The van der Waals surface area contributed by atoms with Crippen molar-refractivity contribution in [1.82, 2.24) is 0 Å². The van der Waals surface area contributed by atoms with Crippen LogP contribution in [0.4, 0.5) is 0 Å². The second-order valence-corrected chi connectivity index (χ2v) is 6.06. The third-order valence-electron chi connectivity index (χ3n) is 3.61. The molecular weight excluding hydrogens is 417 g/mol. The smallest absolute Gasteiger partial charge is 0.545 e. The van der Waals surface area contributed by atoms with E-state index in [1.54, 1.807) is 24.3 Å². The quantitative estimate of drug-likeness (QED) is 0.686. The molecule has 0 saturated heterocycles. The van der Waals surface area contributed by atoms with Gasteiger partial charge in [-0.2, -0.15) is 0 Å². The van der Waals surface area contributed by atoms with Crippen molar-refractivity contribution in [1.29, 1.82) is 0 Å². The van der Waals surface area contributed by atoms with Crippen LogP contribution in [-0.4, -0.2) is 11.9 Å². The Morgan fingerprint density at radius 3 is 1.16 bits per heavy atom. The van der Waals surface area contributed by atoms with Gasteiger partial charge in [-0.1, -0.05) is 76.2 Å².